The first-order chi connectivity index (χ1) is 36.5. The van der Waals surface area contributed by atoms with E-state index in [1.165, 1.54) is 6.92 Å². The second-order valence-corrected chi connectivity index (χ2v) is 47.4. The van der Waals surface area contributed by atoms with Crippen molar-refractivity contribution in [1.29, 1.82) is 0 Å². The molecule has 0 fully saturated rings. The van der Waals surface area contributed by atoms with Crippen LogP contribution in [0.5, 0.6) is 23.0 Å². The summed E-state index contributed by atoms with van der Waals surface area (Å²) in [6.07, 6.45) is 1.97. The summed E-state index contributed by atoms with van der Waals surface area (Å²) in [6, 6.07) is 46.3. The fourth-order valence-electron chi connectivity index (χ4n) is 11.4. The molecule has 416 valence electrons. The van der Waals surface area contributed by atoms with Crippen molar-refractivity contribution in [3.63, 3.8) is 0 Å². The number of carbonyl (C=O) groups is 2. The van der Waals surface area contributed by atoms with E-state index in [4.69, 9.17) is 39.5 Å². The summed E-state index contributed by atoms with van der Waals surface area (Å²) in [5.74, 6) is 1.88. The number of benzene rings is 6. The van der Waals surface area contributed by atoms with Crippen LogP contribution in [0, 0.1) is 13.8 Å². The number of rotatable bonds is 24. The highest BCUT2D eigenvalue weighted by atomic mass is 28.5. The molecule has 2 atom stereocenters. The predicted molar refractivity (Wildman–Crippen MR) is 327 cm³/mol. The molecule has 0 aliphatic heterocycles. The number of aryl methyl sites for hydroxylation is 4. The minimum absolute atomic E-state index is 0.346. The number of hydrogen-bond acceptors (Lipinski definition) is 11. The molecule has 0 amide bonds. The lowest BCUT2D eigenvalue weighted by Crippen LogP contribution is -2.61. The van der Waals surface area contributed by atoms with E-state index in [1.54, 1.807) is 7.11 Å². The highest BCUT2D eigenvalue weighted by Gasteiger charge is 2.50. The first-order valence-corrected chi connectivity index (χ1v) is 44.7. The maximum atomic E-state index is 14.1. The molecule has 6 aromatic carbocycles. The van der Waals surface area contributed by atoms with E-state index in [-0.39, 0.29) is 5.97 Å². The first kappa shape index (κ1) is 60.6. The van der Waals surface area contributed by atoms with Gasteiger partial charge < -0.3 is 39.5 Å². The van der Waals surface area contributed by atoms with Crippen LogP contribution in [0.4, 0.5) is 4.79 Å². The lowest BCUT2D eigenvalue weighted by atomic mass is 9.67. The van der Waals surface area contributed by atoms with E-state index >= 15 is 0 Å². The first-order valence-electron chi connectivity index (χ1n) is 27.2. The molecule has 78 heavy (non-hydrogen) atoms. The van der Waals surface area contributed by atoms with Gasteiger partial charge in [-0.15, -0.1) is 0 Å². The van der Waals surface area contributed by atoms with Gasteiger partial charge in [0.15, 0.2) is 16.6 Å². The number of para-hydroxylation sites is 2. The fourth-order valence-corrected chi connectivity index (χ4v) is 40.4. The molecule has 0 heterocycles. The molecule has 7 rings (SSSR count). The molecule has 6 aromatic rings. The van der Waals surface area contributed by atoms with E-state index in [2.05, 4.69) is 151 Å². The topological polar surface area (TPSA) is 117 Å². The van der Waals surface area contributed by atoms with Gasteiger partial charge in [0.05, 0.1) is 12.5 Å². The molecule has 17 heteroatoms. The van der Waals surface area contributed by atoms with Crippen LogP contribution < -0.4 is 18.9 Å². The Morgan fingerprint density at radius 3 is 1.32 bits per heavy atom. The summed E-state index contributed by atoms with van der Waals surface area (Å²) in [6.45, 7) is 31.4. The number of fused-ring (bicyclic) bond motifs is 3. The largest absolute Gasteiger partial charge is 0.519 e. The average molecular weight is 1160 g/mol. The number of esters is 1. The third-order valence-corrected chi connectivity index (χ3v) is 35.8. The summed E-state index contributed by atoms with van der Waals surface area (Å²) in [4.78, 5) is 26.0. The molecule has 11 nitrogen and oxygen atoms in total. The molecule has 1 aliphatic rings. The third-order valence-electron chi connectivity index (χ3n) is 13.6. The Labute approximate surface area is 471 Å². The van der Waals surface area contributed by atoms with Crippen LogP contribution in [0.1, 0.15) is 64.3 Å². The maximum Gasteiger partial charge on any atom is 0.519 e. The van der Waals surface area contributed by atoms with Crippen molar-refractivity contribution in [2.24, 2.45) is 0 Å². The second kappa shape index (κ2) is 24.4. The lowest BCUT2D eigenvalue weighted by Gasteiger charge is -2.44. The lowest BCUT2D eigenvalue weighted by molar-refractivity contribution is -0.131. The van der Waals surface area contributed by atoms with E-state index in [0.29, 0.717) is 42.2 Å². The highest BCUT2D eigenvalue weighted by Crippen LogP contribution is 2.57. The highest BCUT2D eigenvalue weighted by molar-refractivity contribution is 6.91. The Morgan fingerprint density at radius 2 is 0.846 bits per heavy atom. The molecular formula is C61H82O11Si6. The van der Waals surface area contributed by atoms with Gasteiger partial charge in [0.1, 0.15) is 23.0 Å². The van der Waals surface area contributed by atoms with Gasteiger partial charge in [-0.25, -0.2) is 4.79 Å². The molecule has 0 aromatic heterocycles. The number of carbonyl (C=O) groups excluding carboxylic acids is 2. The summed E-state index contributed by atoms with van der Waals surface area (Å²) in [7, 11) is -13.9. The summed E-state index contributed by atoms with van der Waals surface area (Å²) < 4.78 is 59.4. The van der Waals surface area contributed by atoms with Gasteiger partial charge in [-0.3, -0.25) is 4.79 Å². The quantitative estimate of drug-likeness (QED) is 0.0249. The van der Waals surface area contributed by atoms with Crippen LogP contribution in [-0.2, 0) is 43.6 Å². The van der Waals surface area contributed by atoms with Crippen molar-refractivity contribution in [2.45, 2.75) is 143 Å². The summed E-state index contributed by atoms with van der Waals surface area (Å²) in [5.41, 5.74) is 9.51. The van der Waals surface area contributed by atoms with Gasteiger partial charge in [0.25, 0.3) is 0 Å². The molecule has 0 spiro atoms. The Morgan fingerprint density at radius 1 is 0.449 bits per heavy atom. The van der Waals surface area contributed by atoms with Gasteiger partial charge in [-0.2, -0.15) is 0 Å². The van der Waals surface area contributed by atoms with Crippen LogP contribution in [0.15, 0.2) is 133 Å². The minimum Gasteiger partial charge on any atom is -0.496 e. The van der Waals surface area contributed by atoms with Crippen molar-refractivity contribution in [3.05, 3.63) is 178 Å². The number of ether oxygens (including phenoxy) is 4. The fraction of sp³-hybridized carbons (Fsp3) is 0.377. The number of methoxy groups -OCH3 is 1. The summed E-state index contributed by atoms with van der Waals surface area (Å²) in [5, 5.41) is 0. The average Bonchev–Trinajstić information content (AvgIpc) is 3.91. The van der Waals surface area contributed by atoms with Gasteiger partial charge in [-0.05, 0) is 210 Å². The van der Waals surface area contributed by atoms with E-state index in [0.717, 1.165) is 74.2 Å². The molecule has 0 bridgehead atoms. The van der Waals surface area contributed by atoms with Crippen molar-refractivity contribution in [3.8, 4) is 34.1 Å². The van der Waals surface area contributed by atoms with Crippen molar-refractivity contribution in [2.75, 3.05) is 7.11 Å². The molecule has 2 unspecified atom stereocenters. The maximum absolute atomic E-state index is 14.1. The van der Waals surface area contributed by atoms with E-state index < -0.39 is 62.4 Å². The normalized spacial score (nSPS) is 14.9. The SMILES string of the molecule is COc1cc(C2(c3ccc(C)c(OC(=O)Oc4ccccc4CCC[Si](C)(O[Si](C)(C)C)O[Si](C)(C)O[Si](C)(CCCc4ccccc4OC(C)=O)O[Si](C)(C)O[Si](C)(C)C)c3)c3ccccc3-c3ccccc32)ccc1C. The minimum atomic E-state index is -2.98. The molecule has 0 saturated carbocycles. The predicted octanol–water partition coefficient (Wildman–Crippen LogP) is 16.0. The van der Waals surface area contributed by atoms with Crippen LogP contribution in [0.2, 0.25) is 90.7 Å². The second-order valence-electron chi connectivity index (χ2n) is 23.8. The zero-order chi connectivity index (χ0) is 56.9. The van der Waals surface area contributed by atoms with E-state index in [1.807, 2.05) is 74.5 Å². The Balaban J connectivity index is 1.09. The standard InChI is InChI=1S/C61H82O11Si6/c1-45-37-39-50(43-58(45)64-4)61(54-33-21-19-31-52(54)53-32-20-22-34-55(53)61)51-40-38-46(2)59(44-51)67-60(63)66-57-36-24-18-28-49(57)30-25-41-77(15,69-74(8,9)10)71-76(13,14)72-78(16,70-75(11,12)68-73(5,6)7)42-26-29-48-27-17-23-35-56(48)65-47(3)62/h17-24,27-28,31-40,43-44H,25-26,29-30,41-42H2,1-16H3. The monoisotopic (exact) mass is 1160 g/mol. The zero-order valence-corrected chi connectivity index (χ0v) is 54.9. The van der Waals surface area contributed by atoms with Crippen LogP contribution in [0.25, 0.3) is 11.1 Å². The van der Waals surface area contributed by atoms with Crippen LogP contribution in [0.3, 0.4) is 0 Å². The van der Waals surface area contributed by atoms with Gasteiger partial charge >= 0.3 is 46.4 Å². The Kier molecular flexibility index (Phi) is 18.9. The third kappa shape index (κ3) is 15.2. The molecule has 0 radical (unpaired) electrons. The summed E-state index contributed by atoms with van der Waals surface area (Å²) >= 11 is 0. The van der Waals surface area contributed by atoms with Crippen LogP contribution in [-0.4, -0.2) is 70.1 Å². The van der Waals surface area contributed by atoms with E-state index in [9.17, 15) is 9.59 Å². The van der Waals surface area contributed by atoms with Gasteiger partial charge in [0, 0.05) is 6.92 Å². The Hall–Kier alpha value is -5.04. The smallest absolute Gasteiger partial charge is 0.496 e. The van der Waals surface area contributed by atoms with Crippen molar-refractivity contribution >= 4 is 63.0 Å². The zero-order valence-electron chi connectivity index (χ0n) is 48.9. The van der Waals surface area contributed by atoms with Gasteiger partial charge in [-0.1, -0.05) is 109 Å². The molecule has 1 aliphatic carbocycles. The number of hydrogen-bond donors (Lipinski definition) is 0. The van der Waals surface area contributed by atoms with Crippen LogP contribution >= 0.6 is 0 Å². The van der Waals surface area contributed by atoms with Gasteiger partial charge in [0.2, 0.25) is 0 Å². The molecule has 0 N–H and O–H groups in total. The Bertz CT molecular complexity index is 3050. The molecule has 0 saturated heterocycles. The molecular weight excluding hydrogens is 1080 g/mol. The van der Waals surface area contributed by atoms with Crippen molar-refractivity contribution in [1.82, 2.24) is 0 Å². The van der Waals surface area contributed by atoms with Crippen molar-refractivity contribution < 1.29 is 49.1 Å².